The molecule has 8 nitrogen and oxygen atoms in total. The number of carboxylic acids is 2. The van der Waals surface area contributed by atoms with Crippen LogP contribution in [0.15, 0.2) is 72.8 Å². The number of fused-ring (bicyclic) bond motifs is 8. The van der Waals surface area contributed by atoms with E-state index in [9.17, 15) is 30.0 Å². The van der Waals surface area contributed by atoms with Crippen molar-refractivity contribution in [3.63, 3.8) is 0 Å². The molecule has 204 valence electrons. The van der Waals surface area contributed by atoms with Gasteiger partial charge in [0.1, 0.15) is 23.0 Å². The van der Waals surface area contributed by atoms with Crippen molar-refractivity contribution < 1.29 is 39.5 Å². The number of rotatable bonds is 6. The molecule has 0 fully saturated rings. The molecule has 4 aromatic carbocycles. The normalized spacial score (nSPS) is 12.4. The van der Waals surface area contributed by atoms with Crippen molar-refractivity contribution in [2.45, 2.75) is 25.7 Å². The predicted molar refractivity (Wildman–Crippen MR) is 147 cm³/mol. The van der Waals surface area contributed by atoms with Crippen LogP contribution in [0.5, 0.6) is 23.0 Å². The fourth-order valence-corrected chi connectivity index (χ4v) is 5.15. The number of benzene rings is 4. The third-order valence-electron chi connectivity index (χ3n) is 6.97. The Bertz CT molecular complexity index is 1390. The molecule has 5 rings (SSSR count). The third-order valence-corrected chi connectivity index (χ3v) is 6.97. The average molecular weight is 541 g/mol. The van der Waals surface area contributed by atoms with Crippen LogP contribution >= 0.6 is 0 Å². The summed E-state index contributed by atoms with van der Waals surface area (Å²) in [4.78, 5) is 22.7. The first-order valence-electron chi connectivity index (χ1n) is 12.8. The molecule has 0 spiro atoms. The van der Waals surface area contributed by atoms with Gasteiger partial charge in [0, 0.05) is 25.7 Å². The maximum Gasteiger partial charge on any atom is 0.341 e. The van der Waals surface area contributed by atoms with Gasteiger partial charge in [-0.1, -0.05) is 72.8 Å². The second-order valence-corrected chi connectivity index (χ2v) is 9.73. The number of carboxylic acid groups (broad SMARTS) is 2. The third kappa shape index (κ3) is 5.71. The summed E-state index contributed by atoms with van der Waals surface area (Å²) < 4.78 is 11.5. The van der Waals surface area contributed by atoms with Crippen LogP contribution in [0.25, 0.3) is 0 Å². The Kier molecular flexibility index (Phi) is 7.59. The lowest BCUT2D eigenvalue weighted by Crippen LogP contribution is -2.13. The highest BCUT2D eigenvalue weighted by atomic mass is 16.5. The molecule has 1 aliphatic rings. The van der Waals surface area contributed by atoms with Gasteiger partial charge in [0.2, 0.25) is 0 Å². The van der Waals surface area contributed by atoms with Crippen molar-refractivity contribution in [2.24, 2.45) is 0 Å². The van der Waals surface area contributed by atoms with E-state index in [2.05, 4.69) is 0 Å². The molecule has 0 heterocycles. The first-order chi connectivity index (χ1) is 19.3. The summed E-state index contributed by atoms with van der Waals surface area (Å²) in [7, 11) is 0. The number of ether oxygens (including phenoxy) is 2. The maximum atomic E-state index is 11.4. The van der Waals surface area contributed by atoms with E-state index in [-0.39, 0.29) is 37.2 Å². The van der Waals surface area contributed by atoms with Crippen LogP contribution in [-0.2, 0) is 35.3 Å². The molecule has 0 saturated heterocycles. The van der Waals surface area contributed by atoms with E-state index in [1.54, 1.807) is 24.3 Å². The minimum Gasteiger partial charge on any atom is -0.507 e. The van der Waals surface area contributed by atoms with Crippen LogP contribution in [-0.4, -0.2) is 45.6 Å². The number of phenols is 2. The van der Waals surface area contributed by atoms with Crippen LogP contribution in [0.4, 0.5) is 0 Å². The van der Waals surface area contributed by atoms with Gasteiger partial charge in [-0.2, -0.15) is 0 Å². The van der Waals surface area contributed by atoms with Gasteiger partial charge in [0.05, 0.1) is 0 Å². The molecule has 4 aromatic rings. The van der Waals surface area contributed by atoms with Gasteiger partial charge in [-0.25, -0.2) is 9.59 Å². The molecule has 0 atom stereocenters. The van der Waals surface area contributed by atoms with E-state index in [0.717, 1.165) is 0 Å². The Labute approximate surface area is 230 Å². The van der Waals surface area contributed by atoms with Crippen LogP contribution in [0.2, 0.25) is 0 Å². The number of hydrogen-bond acceptors (Lipinski definition) is 6. The number of aliphatic carboxylic acids is 2. The van der Waals surface area contributed by atoms with E-state index in [4.69, 9.17) is 9.47 Å². The average Bonchev–Trinajstić information content (AvgIpc) is 2.91. The second kappa shape index (κ2) is 11.4. The standard InChI is InChI=1S/C32H28O8/c33-27(34)17-39-31-23-9-3-11-25(31)15-21-7-2-8-22(30(21)38)16-26-12-4-10-24(32(26)40-18-28(35)36)14-20-6-1-5-19(13-23)29(20)37/h1-12,37-38H,13-18H2,(H,33,34)(H,35,36). The molecular weight excluding hydrogens is 512 g/mol. The van der Waals surface area contributed by atoms with Gasteiger partial charge >= 0.3 is 11.9 Å². The Morgan fingerprint density at radius 3 is 1.00 bits per heavy atom. The summed E-state index contributed by atoms with van der Waals surface area (Å²) in [6.45, 7) is -1.06. The molecule has 0 unspecified atom stereocenters. The van der Waals surface area contributed by atoms with E-state index >= 15 is 0 Å². The summed E-state index contributed by atoms with van der Waals surface area (Å²) in [6.07, 6.45) is 1.10. The lowest BCUT2D eigenvalue weighted by molar-refractivity contribution is -0.140. The van der Waals surface area contributed by atoms with E-state index < -0.39 is 25.2 Å². The van der Waals surface area contributed by atoms with Crippen LogP contribution < -0.4 is 9.47 Å². The number of carbonyl (C=O) groups is 2. The summed E-state index contributed by atoms with van der Waals surface area (Å²) in [5.41, 5.74) is 5.27. The molecule has 0 amide bonds. The Morgan fingerprint density at radius 1 is 0.500 bits per heavy atom. The van der Waals surface area contributed by atoms with E-state index in [1.807, 2.05) is 48.5 Å². The summed E-state index contributed by atoms with van der Waals surface area (Å²) in [5.74, 6) is -1.25. The Hall–Kier alpha value is -4.98. The summed E-state index contributed by atoms with van der Waals surface area (Å²) in [5, 5.41) is 41.2. The maximum absolute atomic E-state index is 11.4. The minimum absolute atomic E-state index is 0.0848. The SMILES string of the molecule is O=C(O)COc1c2cccc1Cc1cccc(c1O)Cc1cccc(c1OCC(=O)O)Cc1cccc(c1O)C2. The van der Waals surface area contributed by atoms with E-state index in [1.165, 1.54) is 0 Å². The van der Waals surface area contributed by atoms with Crippen molar-refractivity contribution in [3.8, 4) is 23.0 Å². The molecule has 0 radical (unpaired) electrons. The van der Waals surface area contributed by atoms with Crippen molar-refractivity contribution in [2.75, 3.05) is 13.2 Å². The zero-order valence-electron chi connectivity index (χ0n) is 21.6. The van der Waals surface area contributed by atoms with Crippen LogP contribution in [0, 0.1) is 0 Å². The van der Waals surface area contributed by atoms with Crippen molar-refractivity contribution in [1.82, 2.24) is 0 Å². The predicted octanol–water partition coefficient (Wildman–Crippen LogP) is 4.70. The van der Waals surface area contributed by atoms with Crippen molar-refractivity contribution in [1.29, 1.82) is 0 Å². The first-order valence-corrected chi connectivity index (χ1v) is 12.8. The second-order valence-electron chi connectivity index (χ2n) is 9.73. The van der Waals surface area contributed by atoms with Gasteiger partial charge in [0.25, 0.3) is 0 Å². The molecule has 8 heteroatoms. The first kappa shape index (κ1) is 26.6. The quantitative estimate of drug-likeness (QED) is 0.244. The smallest absolute Gasteiger partial charge is 0.341 e. The number of para-hydroxylation sites is 4. The van der Waals surface area contributed by atoms with Crippen LogP contribution in [0.3, 0.4) is 0 Å². The highest BCUT2D eigenvalue weighted by molar-refractivity contribution is 5.69. The Balaban J connectivity index is 1.70. The van der Waals surface area contributed by atoms with Crippen molar-refractivity contribution >= 4 is 11.9 Å². The zero-order chi connectivity index (χ0) is 28.2. The zero-order valence-corrected chi connectivity index (χ0v) is 21.6. The molecule has 0 aliphatic heterocycles. The van der Waals surface area contributed by atoms with Gasteiger partial charge in [-0.3, -0.25) is 0 Å². The minimum atomic E-state index is -1.11. The lowest BCUT2D eigenvalue weighted by atomic mass is 9.91. The summed E-state index contributed by atoms with van der Waals surface area (Å²) >= 11 is 0. The van der Waals surface area contributed by atoms with E-state index in [0.29, 0.717) is 56.0 Å². The molecule has 1 aliphatic carbocycles. The highest BCUT2D eigenvalue weighted by Crippen LogP contribution is 2.37. The molecule has 0 aromatic heterocycles. The Morgan fingerprint density at radius 2 is 0.750 bits per heavy atom. The number of aromatic hydroxyl groups is 2. The molecule has 0 saturated carbocycles. The van der Waals surface area contributed by atoms with Crippen LogP contribution in [0.1, 0.15) is 44.5 Å². The molecule has 8 bridgehead atoms. The van der Waals surface area contributed by atoms with Gasteiger partial charge in [-0.15, -0.1) is 0 Å². The number of phenolic OH excluding ortho intramolecular Hbond substituents is 2. The van der Waals surface area contributed by atoms with Gasteiger partial charge in [-0.05, 0) is 44.5 Å². The number of hydrogen-bond donors (Lipinski definition) is 4. The van der Waals surface area contributed by atoms with Gasteiger partial charge in [0.15, 0.2) is 13.2 Å². The largest absolute Gasteiger partial charge is 0.507 e. The fourth-order valence-electron chi connectivity index (χ4n) is 5.15. The lowest BCUT2D eigenvalue weighted by Gasteiger charge is -2.20. The molecule has 40 heavy (non-hydrogen) atoms. The highest BCUT2D eigenvalue weighted by Gasteiger charge is 2.20. The summed E-state index contributed by atoms with van der Waals surface area (Å²) in [6, 6.07) is 21.8. The molecule has 4 N–H and O–H groups in total. The monoisotopic (exact) mass is 540 g/mol. The topological polar surface area (TPSA) is 134 Å². The molecular formula is C32H28O8. The van der Waals surface area contributed by atoms with Crippen molar-refractivity contribution in [3.05, 3.63) is 117 Å². The van der Waals surface area contributed by atoms with Gasteiger partial charge < -0.3 is 29.9 Å². The fraction of sp³-hybridized carbons (Fsp3) is 0.188.